The Hall–Kier alpha value is -3.14. The second-order valence-corrected chi connectivity index (χ2v) is 5.23. The molecule has 0 aliphatic heterocycles. The fraction of sp³-hybridized carbons (Fsp3) is 0.0500. The molecule has 0 atom stereocenters. The summed E-state index contributed by atoms with van der Waals surface area (Å²) >= 11 is 0. The maximum absolute atomic E-state index is 12.9. The van der Waals surface area contributed by atoms with Crippen LogP contribution in [0.2, 0.25) is 0 Å². The number of carbonyl (C=O) groups is 1. The largest absolute Gasteiger partial charge is 0.457 e. The number of benzene rings is 2. The van der Waals surface area contributed by atoms with E-state index < -0.39 is 0 Å². The summed E-state index contributed by atoms with van der Waals surface area (Å²) in [6.07, 6.45) is 10.6. The highest BCUT2D eigenvalue weighted by atomic mass is 19.1. The van der Waals surface area contributed by atoms with Crippen LogP contribution >= 0.6 is 0 Å². The predicted octanol–water partition coefficient (Wildman–Crippen LogP) is 4.86. The minimum atomic E-state index is -0.345. The van der Waals surface area contributed by atoms with E-state index in [0.29, 0.717) is 22.8 Å². The Labute approximate surface area is 139 Å². The lowest BCUT2D eigenvalue weighted by Crippen LogP contribution is -2.11. The maximum atomic E-state index is 12.9. The van der Waals surface area contributed by atoms with Gasteiger partial charge in [-0.2, -0.15) is 0 Å². The molecule has 4 heteroatoms. The van der Waals surface area contributed by atoms with Gasteiger partial charge in [0.15, 0.2) is 0 Å². The highest BCUT2D eigenvalue weighted by Gasteiger charge is 2.08. The van der Waals surface area contributed by atoms with Crippen molar-refractivity contribution in [3.63, 3.8) is 0 Å². The third kappa shape index (κ3) is 4.20. The average molecular weight is 321 g/mol. The number of carbonyl (C=O) groups excluding carboxylic acids is 1. The minimum absolute atomic E-state index is 0.280. The highest BCUT2D eigenvalue weighted by molar-refractivity contribution is 6.04. The van der Waals surface area contributed by atoms with Crippen LogP contribution < -0.4 is 10.1 Å². The molecular formula is C20H16FNO2. The third-order valence-corrected chi connectivity index (χ3v) is 3.38. The van der Waals surface area contributed by atoms with Gasteiger partial charge < -0.3 is 10.1 Å². The zero-order chi connectivity index (χ0) is 16.8. The van der Waals surface area contributed by atoms with Crippen molar-refractivity contribution in [1.29, 1.82) is 0 Å². The van der Waals surface area contributed by atoms with Crippen molar-refractivity contribution >= 4 is 11.6 Å². The molecule has 3 rings (SSSR count). The molecule has 0 heterocycles. The van der Waals surface area contributed by atoms with Crippen LogP contribution in [-0.2, 0) is 0 Å². The van der Waals surface area contributed by atoms with Crippen molar-refractivity contribution in [1.82, 2.24) is 0 Å². The zero-order valence-electron chi connectivity index (χ0n) is 12.9. The molecule has 0 aromatic heterocycles. The second kappa shape index (κ2) is 7.42. The van der Waals surface area contributed by atoms with E-state index in [1.54, 1.807) is 24.3 Å². The first-order chi connectivity index (χ1) is 11.7. The van der Waals surface area contributed by atoms with Gasteiger partial charge in [0.25, 0.3) is 5.91 Å². The summed E-state index contributed by atoms with van der Waals surface area (Å²) in [5.74, 6) is 0.660. The SMILES string of the molecule is O=C(Nc1ccc(F)cc1)c1cccc(OC2=CC=CCC=C2)c1. The number of rotatable bonds is 4. The second-order valence-electron chi connectivity index (χ2n) is 5.23. The maximum Gasteiger partial charge on any atom is 0.255 e. The monoisotopic (exact) mass is 321 g/mol. The van der Waals surface area contributed by atoms with Crippen LogP contribution in [0.15, 0.2) is 84.7 Å². The van der Waals surface area contributed by atoms with Gasteiger partial charge >= 0.3 is 0 Å². The molecule has 0 radical (unpaired) electrons. The molecule has 0 fully saturated rings. The summed E-state index contributed by atoms with van der Waals surface area (Å²) in [6.45, 7) is 0. The fourth-order valence-corrected chi connectivity index (χ4v) is 2.20. The summed E-state index contributed by atoms with van der Waals surface area (Å²) in [5.41, 5.74) is 0.998. The van der Waals surface area contributed by atoms with E-state index >= 15 is 0 Å². The highest BCUT2D eigenvalue weighted by Crippen LogP contribution is 2.19. The molecule has 1 aliphatic rings. The summed E-state index contributed by atoms with van der Waals surface area (Å²) < 4.78 is 18.7. The van der Waals surface area contributed by atoms with Crippen molar-refractivity contribution in [2.75, 3.05) is 5.32 Å². The van der Waals surface area contributed by atoms with E-state index in [1.165, 1.54) is 24.3 Å². The summed E-state index contributed by atoms with van der Waals surface area (Å²) in [4.78, 5) is 12.3. The van der Waals surface area contributed by atoms with E-state index in [0.717, 1.165) is 6.42 Å². The van der Waals surface area contributed by atoms with Gasteiger partial charge in [0.2, 0.25) is 0 Å². The number of allylic oxidation sites excluding steroid dienone is 5. The Morgan fingerprint density at radius 1 is 1.08 bits per heavy atom. The molecule has 1 aliphatic carbocycles. The van der Waals surface area contributed by atoms with Gasteiger partial charge in [0.1, 0.15) is 17.3 Å². The Morgan fingerprint density at radius 3 is 2.75 bits per heavy atom. The van der Waals surface area contributed by atoms with Gasteiger partial charge in [-0.15, -0.1) is 0 Å². The van der Waals surface area contributed by atoms with Crippen molar-refractivity contribution in [2.24, 2.45) is 0 Å². The summed E-state index contributed by atoms with van der Waals surface area (Å²) in [6, 6.07) is 12.5. The molecule has 2 aromatic rings. The first kappa shape index (κ1) is 15.7. The third-order valence-electron chi connectivity index (χ3n) is 3.38. The molecular weight excluding hydrogens is 305 g/mol. The Balaban J connectivity index is 1.72. The Morgan fingerprint density at radius 2 is 1.92 bits per heavy atom. The van der Waals surface area contributed by atoms with Crippen molar-refractivity contribution in [3.05, 3.63) is 96.1 Å². The summed E-state index contributed by atoms with van der Waals surface area (Å²) in [5, 5.41) is 2.73. The van der Waals surface area contributed by atoms with E-state index in [-0.39, 0.29) is 11.7 Å². The standard InChI is InChI=1S/C20H16FNO2/c21-16-10-12-17(13-11-16)22-20(23)15-6-5-9-19(14-15)24-18-7-3-1-2-4-8-18/h1,3-14H,2H2,(H,22,23). The van der Waals surface area contributed by atoms with Gasteiger partial charge in [-0.05, 0) is 61.0 Å². The number of ether oxygens (including phenoxy) is 1. The summed E-state index contributed by atoms with van der Waals surface area (Å²) in [7, 11) is 0. The van der Waals surface area contributed by atoms with Crippen LogP contribution in [0.5, 0.6) is 5.75 Å². The van der Waals surface area contributed by atoms with E-state index in [4.69, 9.17) is 4.74 Å². The van der Waals surface area contributed by atoms with E-state index in [9.17, 15) is 9.18 Å². The molecule has 0 bridgehead atoms. The molecule has 1 amide bonds. The predicted molar refractivity (Wildman–Crippen MR) is 92.4 cm³/mol. The van der Waals surface area contributed by atoms with Crippen LogP contribution in [0.25, 0.3) is 0 Å². The van der Waals surface area contributed by atoms with Crippen LogP contribution in [-0.4, -0.2) is 5.91 Å². The molecule has 0 saturated carbocycles. The van der Waals surface area contributed by atoms with Crippen molar-refractivity contribution < 1.29 is 13.9 Å². The normalized spacial score (nSPS) is 13.1. The van der Waals surface area contributed by atoms with Crippen molar-refractivity contribution in [2.45, 2.75) is 6.42 Å². The van der Waals surface area contributed by atoms with E-state index in [1.807, 2.05) is 30.4 Å². The smallest absolute Gasteiger partial charge is 0.255 e. The minimum Gasteiger partial charge on any atom is -0.457 e. The topological polar surface area (TPSA) is 38.3 Å². The van der Waals surface area contributed by atoms with Gasteiger partial charge in [-0.1, -0.05) is 24.3 Å². The number of hydrogen-bond acceptors (Lipinski definition) is 2. The molecule has 120 valence electrons. The Kier molecular flexibility index (Phi) is 4.87. The van der Waals surface area contributed by atoms with Crippen LogP contribution in [0.3, 0.4) is 0 Å². The van der Waals surface area contributed by atoms with Gasteiger partial charge in [0, 0.05) is 11.3 Å². The lowest BCUT2D eigenvalue weighted by atomic mass is 10.2. The molecule has 1 N–H and O–H groups in total. The molecule has 0 saturated heterocycles. The molecule has 3 nitrogen and oxygen atoms in total. The number of hydrogen-bond donors (Lipinski definition) is 1. The lowest BCUT2D eigenvalue weighted by Gasteiger charge is -2.09. The molecule has 0 spiro atoms. The fourth-order valence-electron chi connectivity index (χ4n) is 2.20. The lowest BCUT2D eigenvalue weighted by molar-refractivity contribution is 0.102. The zero-order valence-corrected chi connectivity index (χ0v) is 12.9. The Bertz CT molecular complexity index is 820. The van der Waals surface area contributed by atoms with Crippen LogP contribution in [0, 0.1) is 5.82 Å². The first-order valence-corrected chi connectivity index (χ1v) is 7.59. The van der Waals surface area contributed by atoms with Gasteiger partial charge in [-0.25, -0.2) is 4.39 Å². The quantitative estimate of drug-likeness (QED) is 0.873. The first-order valence-electron chi connectivity index (χ1n) is 7.59. The van der Waals surface area contributed by atoms with Crippen molar-refractivity contribution in [3.8, 4) is 5.75 Å². The number of nitrogens with one attached hydrogen (secondary N) is 1. The van der Waals surface area contributed by atoms with Gasteiger partial charge in [-0.3, -0.25) is 4.79 Å². The van der Waals surface area contributed by atoms with E-state index in [2.05, 4.69) is 5.32 Å². The number of amides is 1. The molecule has 0 unspecified atom stereocenters. The number of anilines is 1. The average Bonchev–Trinajstić information content (AvgIpc) is 2.86. The van der Waals surface area contributed by atoms with Crippen LogP contribution in [0.1, 0.15) is 16.8 Å². The molecule has 24 heavy (non-hydrogen) atoms. The van der Waals surface area contributed by atoms with Gasteiger partial charge in [0.05, 0.1) is 0 Å². The van der Waals surface area contributed by atoms with Crippen LogP contribution in [0.4, 0.5) is 10.1 Å². The number of halogens is 1. The molecule has 2 aromatic carbocycles.